The first kappa shape index (κ1) is 18.5. The molecule has 1 heterocycles. The van der Waals surface area contributed by atoms with E-state index in [1.54, 1.807) is 0 Å². The fraction of sp³-hybridized carbons (Fsp3) is 0.944. The second kappa shape index (κ2) is 9.45. The largest absolute Gasteiger partial charge is 0.337 e. The van der Waals surface area contributed by atoms with Crippen LogP contribution in [-0.4, -0.2) is 47.4 Å². The molecule has 21 heavy (non-hydrogen) atoms. The molecule has 0 bridgehead atoms. The molecular formula is C18H36N2O. The van der Waals surface area contributed by atoms with Crippen LogP contribution < -0.4 is 0 Å². The molecule has 1 rings (SSSR count). The summed E-state index contributed by atoms with van der Waals surface area (Å²) in [5.41, 5.74) is 0. The van der Waals surface area contributed by atoms with Crippen LogP contribution in [0.5, 0.6) is 0 Å². The quantitative estimate of drug-likeness (QED) is 0.634. The van der Waals surface area contributed by atoms with Crippen LogP contribution >= 0.6 is 0 Å². The van der Waals surface area contributed by atoms with Gasteiger partial charge in [-0.3, -0.25) is 9.69 Å². The Kier molecular flexibility index (Phi) is 8.31. The van der Waals surface area contributed by atoms with Gasteiger partial charge >= 0.3 is 0 Å². The van der Waals surface area contributed by atoms with E-state index in [9.17, 15) is 4.79 Å². The zero-order valence-corrected chi connectivity index (χ0v) is 14.9. The molecule has 124 valence electrons. The molecule has 0 saturated carbocycles. The Bertz CT molecular complexity index is 306. The van der Waals surface area contributed by atoms with Crippen molar-refractivity contribution >= 4 is 5.91 Å². The second-order valence-electron chi connectivity index (χ2n) is 6.91. The fourth-order valence-electron chi connectivity index (χ4n) is 3.19. The molecule has 0 aromatic rings. The van der Waals surface area contributed by atoms with E-state index in [1.807, 2.05) is 0 Å². The van der Waals surface area contributed by atoms with Crippen LogP contribution in [0.15, 0.2) is 0 Å². The lowest BCUT2D eigenvalue weighted by Crippen LogP contribution is -2.58. The first-order chi connectivity index (χ1) is 10.0. The van der Waals surface area contributed by atoms with Crippen LogP contribution in [0, 0.1) is 5.92 Å². The lowest BCUT2D eigenvalue weighted by molar-refractivity contribution is -0.141. The van der Waals surface area contributed by atoms with E-state index >= 15 is 0 Å². The number of carbonyl (C=O) groups excluding carboxylic acids is 1. The standard InChI is InChI=1S/C18H36N2O/c1-6-8-9-10-11-12-19-13-17(5)20(14-16(19)4)18(21)15(3)7-2/h15-17H,6-14H2,1-5H3. The molecule has 1 aliphatic heterocycles. The van der Waals surface area contributed by atoms with Gasteiger partial charge in [0, 0.05) is 31.1 Å². The highest BCUT2D eigenvalue weighted by Crippen LogP contribution is 2.19. The topological polar surface area (TPSA) is 23.6 Å². The average molecular weight is 296 g/mol. The third-order valence-electron chi connectivity index (χ3n) is 4.98. The maximum absolute atomic E-state index is 12.4. The van der Waals surface area contributed by atoms with Crippen molar-refractivity contribution in [1.29, 1.82) is 0 Å². The zero-order valence-electron chi connectivity index (χ0n) is 14.9. The predicted octanol–water partition coefficient (Wildman–Crippen LogP) is 3.92. The molecular weight excluding hydrogens is 260 g/mol. The molecule has 1 fully saturated rings. The Labute approximate surface area is 132 Å². The maximum Gasteiger partial charge on any atom is 0.225 e. The number of hydrogen-bond acceptors (Lipinski definition) is 2. The van der Waals surface area contributed by atoms with Gasteiger partial charge in [-0.2, -0.15) is 0 Å². The van der Waals surface area contributed by atoms with Crippen molar-refractivity contribution < 1.29 is 4.79 Å². The van der Waals surface area contributed by atoms with Gasteiger partial charge in [0.15, 0.2) is 0 Å². The summed E-state index contributed by atoms with van der Waals surface area (Å²) >= 11 is 0. The minimum atomic E-state index is 0.167. The van der Waals surface area contributed by atoms with Gasteiger partial charge in [-0.25, -0.2) is 0 Å². The van der Waals surface area contributed by atoms with Gasteiger partial charge in [0.2, 0.25) is 5.91 Å². The molecule has 0 spiro atoms. The van der Waals surface area contributed by atoms with Crippen molar-refractivity contribution in [2.24, 2.45) is 5.92 Å². The normalized spacial score (nSPS) is 25.1. The highest BCUT2D eigenvalue weighted by molar-refractivity contribution is 5.78. The van der Waals surface area contributed by atoms with Crippen molar-refractivity contribution in [3.8, 4) is 0 Å². The molecule has 1 aliphatic rings. The first-order valence-electron chi connectivity index (χ1n) is 9.05. The van der Waals surface area contributed by atoms with E-state index in [2.05, 4.69) is 44.4 Å². The number of carbonyl (C=O) groups is 1. The van der Waals surface area contributed by atoms with Crippen LogP contribution in [0.3, 0.4) is 0 Å². The smallest absolute Gasteiger partial charge is 0.225 e. The highest BCUT2D eigenvalue weighted by Gasteiger charge is 2.32. The van der Waals surface area contributed by atoms with Crippen LogP contribution in [0.2, 0.25) is 0 Å². The molecule has 0 radical (unpaired) electrons. The van der Waals surface area contributed by atoms with E-state index in [0.29, 0.717) is 18.0 Å². The van der Waals surface area contributed by atoms with Crippen LogP contribution in [0.4, 0.5) is 0 Å². The summed E-state index contributed by atoms with van der Waals surface area (Å²) in [5.74, 6) is 0.514. The fourth-order valence-corrected chi connectivity index (χ4v) is 3.19. The van der Waals surface area contributed by atoms with Crippen molar-refractivity contribution in [3.05, 3.63) is 0 Å². The molecule has 3 nitrogen and oxygen atoms in total. The van der Waals surface area contributed by atoms with E-state index in [0.717, 1.165) is 19.5 Å². The van der Waals surface area contributed by atoms with E-state index < -0.39 is 0 Å². The number of piperazine rings is 1. The predicted molar refractivity (Wildman–Crippen MR) is 90.4 cm³/mol. The summed E-state index contributed by atoms with van der Waals surface area (Å²) in [7, 11) is 0. The monoisotopic (exact) mass is 296 g/mol. The Hall–Kier alpha value is -0.570. The second-order valence-corrected chi connectivity index (χ2v) is 6.91. The Morgan fingerprint density at radius 1 is 1.05 bits per heavy atom. The lowest BCUT2D eigenvalue weighted by Gasteiger charge is -2.45. The Balaban J connectivity index is 2.40. The van der Waals surface area contributed by atoms with Gasteiger partial charge in [-0.05, 0) is 33.2 Å². The van der Waals surface area contributed by atoms with Crippen LogP contribution in [0.25, 0.3) is 0 Å². The lowest BCUT2D eigenvalue weighted by atomic mass is 10.0. The highest BCUT2D eigenvalue weighted by atomic mass is 16.2. The minimum Gasteiger partial charge on any atom is -0.337 e. The molecule has 3 atom stereocenters. The number of hydrogen-bond donors (Lipinski definition) is 0. The van der Waals surface area contributed by atoms with E-state index in [4.69, 9.17) is 0 Å². The SMILES string of the molecule is CCCCCCCN1CC(C)N(C(=O)C(C)CC)CC1C. The van der Waals surface area contributed by atoms with Crippen molar-refractivity contribution in [1.82, 2.24) is 9.80 Å². The summed E-state index contributed by atoms with van der Waals surface area (Å²) in [5, 5.41) is 0. The van der Waals surface area contributed by atoms with Crippen molar-refractivity contribution in [2.45, 2.75) is 85.2 Å². The maximum atomic E-state index is 12.4. The molecule has 0 N–H and O–H groups in total. The van der Waals surface area contributed by atoms with Gasteiger partial charge < -0.3 is 4.90 Å². The van der Waals surface area contributed by atoms with E-state index in [1.165, 1.54) is 38.6 Å². The zero-order chi connectivity index (χ0) is 15.8. The van der Waals surface area contributed by atoms with Crippen molar-refractivity contribution in [3.63, 3.8) is 0 Å². The Morgan fingerprint density at radius 3 is 2.33 bits per heavy atom. The molecule has 1 amide bonds. The average Bonchev–Trinajstić information content (AvgIpc) is 2.48. The van der Waals surface area contributed by atoms with Gasteiger partial charge in [0.05, 0.1) is 0 Å². The number of rotatable bonds is 8. The molecule has 3 unspecified atom stereocenters. The number of nitrogens with zero attached hydrogens (tertiary/aromatic N) is 2. The molecule has 0 aliphatic carbocycles. The number of amides is 1. The summed E-state index contributed by atoms with van der Waals surface area (Å²) in [6.07, 6.45) is 7.63. The van der Waals surface area contributed by atoms with Crippen molar-refractivity contribution in [2.75, 3.05) is 19.6 Å². The van der Waals surface area contributed by atoms with Crippen LogP contribution in [-0.2, 0) is 4.79 Å². The third-order valence-corrected chi connectivity index (χ3v) is 4.98. The van der Waals surface area contributed by atoms with E-state index in [-0.39, 0.29) is 5.92 Å². The number of unbranched alkanes of at least 4 members (excludes halogenated alkanes) is 4. The molecule has 1 saturated heterocycles. The van der Waals surface area contributed by atoms with Crippen LogP contribution in [0.1, 0.15) is 73.1 Å². The Morgan fingerprint density at radius 2 is 1.71 bits per heavy atom. The molecule has 3 heteroatoms. The summed E-state index contributed by atoms with van der Waals surface area (Å²) in [6, 6.07) is 0.860. The third kappa shape index (κ3) is 5.61. The summed E-state index contributed by atoms with van der Waals surface area (Å²) in [4.78, 5) is 17.1. The van der Waals surface area contributed by atoms with Gasteiger partial charge in [0.1, 0.15) is 0 Å². The first-order valence-corrected chi connectivity index (χ1v) is 9.05. The summed E-state index contributed by atoms with van der Waals surface area (Å²) in [6.45, 7) is 14.0. The molecule has 0 aromatic heterocycles. The van der Waals surface area contributed by atoms with Gasteiger partial charge in [0.25, 0.3) is 0 Å². The summed E-state index contributed by atoms with van der Waals surface area (Å²) < 4.78 is 0. The van der Waals surface area contributed by atoms with Gasteiger partial charge in [-0.15, -0.1) is 0 Å². The minimum absolute atomic E-state index is 0.167. The molecule has 0 aromatic carbocycles. The van der Waals surface area contributed by atoms with Gasteiger partial charge in [-0.1, -0.05) is 46.5 Å².